The molecule has 2 N–H and O–H groups in total. The molecule has 4 aliphatic rings. The predicted octanol–water partition coefficient (Wildman–Crippen LogP) is 2.85. The highest BCUT2D eigenvalue weighted by atomic mass is 15.1. The normalized spacial score (nSPS) is 40.2. The average molecular weight is 273 g/mol. The van der Waals surface area contributed by atoms with Gasteiger partial charge in [0.2, 0.25) is 0 Å². The van der Waals surface area contributed by atoms with E-state index in [0.29, 0.717) is 0 Å². The molecule has 0 aliphatic heterocycles. The molecular formula is C17H27N3. The van der Waals surface area contributed by atoms with E-state index in [1.54, 1.807) is 0 Å². The highest BCUT2D eigenvalue weighted by molar-refractivity contribution is 5.18. The van der Waals surface area contributed by atoms with Crippen molar-refractivity contribution < 1.29 is 0 Å². The largest absolute Gasteiger partial charge is 0.335 e. The molecule has 1 unspecified atom stereocenters. The summed E-state index contributed by atoms with van der Waals surface area (Å²) in [4.78, 5) is 4.67. The van der Waals surface area contributed by atoms with Crippen molar-refractivity contribution in [3.05, 3.63) is 17.7 Å². The average Bonchev–Trinajstić information content (AvgIpc) is 2.70. The SMILES string of the molecule is CC(N)Cc1ncc(C2C3CC4CC(C3)CC2C4)n1C. The summed E-state index contributed by atoms with van der Waals surface area (Å²) in [6.07, 6.45) is 10.5. The molecule has 110 valence electrons. The summed E-state index contributed by atoms with van der Waals surface area (Å²) in [6.45, 7) is 2.07. The Balaban J connectivity index is 1.63. The molecular weight excluding hydrogens is 246 g/mol. The van der Waals surface area contributed by atoms with Gasteiger partial charge in [0, 0.05) is 37.3 Å². The number of rotatable bonds is 3. The summed E-state index contributed by atoms with van der Waals surface area (Å²) in [5, 5.41) is 0. The molecule has 4 saturated carbocycles. The summed E-state index contributed by atoms with van der Waals surface area (Å²) in [5.41, 5.74) is 7.44. The topological polar surface area (TPSA) is 43.8 Å². The van der Waals surface area contributed by atoms with Gasteiger partial charge in [-0.25, -0.2) is 4.98 Å². The van der Waals surface area contributed by atoms with Gasteiger partial charge in [0.1, 0.15) is 5.82 Å². The van der Waals surface area contributed by atoms with E-state index in [4.69, 9.17) is 5.73 Å². The van der Waals surface area contributed by atoms with E-state index >= 15 is 0 Å². The van der Waals surface area contributed by atoms with Crippen LogP contribution in [0.25, 0.3) is 0 Å². The molecule has 1 heterocycles. The van der Waals surface area contributed by atoms with Gasteiger partial charge in [-0.1, -0.05) is 0 Å². The predicted molar refractivity (Wildman–Crippen MR) is 80.3 cm³/mol. The minimum Gasteiger partial charge on any atom is -0.335 e. The Morgan fingerprint density at radius 3 is 2.35 bits per heavy atom. The Hall–Kier alpha value is -0.830. The maximum absolute atomic E-state index is 5.94. The first-order valence-corrected chi connectivity index (χ1v) is 8.38. The lowest BCUT2D eigenvalue weighted by molar-refractivity contribution is -0.00509. The zero-order valence-corrected chi connectivity index (χ0v) is 12.8. The van der Waals surface area contributed by atoms with Gasteiger partial charge in [-0.3, -0.25) is 0 Å². The van der Waals surface area contributed by atoms with E-state index in [1.807, 2.05) is 0 Å². The Morgan fingerprint density at radius 2 is 1.80 bits per heavy atom. The van der Waals surface area contributed by atoms with Gasteiger partial charge in [0.05, 0.1) is 0 Å². The van der Waals surface area contributed by atoms with Crippen LogP contribution in [-0.4, -0.2) is 15.6 Å². The van der Waals surface area contributed by atoms with E-state index in [0.717, 1.165) is 36.0 Å². The maximum atomic E-state index is 5.94. The number of nitrogens with two attached hydrogens (primary N) is 1. The van der Waals surface area contributed by atoms with Crippen LogP contribution in [0.15, 0.2) is 6.20 Å². The van der Waals surface area contributed by atoms with Crippen LogP contribution < -0.4 is 5.73 Å². The third-order valence-corrected chi connectivity index (χ3v) is 6.19. The minimum atomic E-state index is 0.197. The van der Waals surface area contributed by atoms with E-state index in [1.165, 1.54) is 43.6 Å². The van der Waals surface area contributed by atoms with Gasteiger partial charge in [-0.15, -0.1) is 0 Å². The Bertz CT molecular complexity index is 474. The second kappa shape index (κ2) is 4.59. The smallest absolute Gasteiger partial charge is 0.110 e. The second-order valence-corrected chi connectivity index (χ2v) is 7.80. The molecule has 5 rings (SSSR count). The van der Waals surface area contributed by atoms with E-state index in [-0.39, 0.29) is 6.04 Å². The first-order chi connectivity index (χ1) is 9.61. The number of aromatic nitrogens is 2. The lowest BCUT2D eigenvalue weighted by atomic mass is 9.51. The molecule has 0 radical (unpaired) electrons. The van der Waals surface area contributed by atoms with Gasteiger partial charge < -0.3 is 10.3 Å². The molecule has 20 heavy (non-hydrogen) atoms. The molecule has 4 aliphatic carbocycles. The Morgan fingerprint density at radius 1 is 1.20 bits per heavy atom. The molecule has 1 aromatic rings. The lowest BCUT2D eigenvalue weighted by Crippen LogP contribution is -2.44. The van der Waals surface area contributed by atoms with Crippen LogP contribution in [0.1, 0.15) is 56.5 Å². The monoisotopic (exact) mass is 273 g/mol. The highest BCUT2D eigenvalue weighted by Gasteiger charge is 2.49. The van der Waals surface area contributed by atoms with Crippen LogP contribution in [0, 0.1) is 23.7 Å². The fourth-order valence-electron chi connectivity index (χ4n) is 5.66. The van der Waals surface area contributed by atoms with Crippen LogP contribution in [0.3, 0.4) is 0 Å². The Kier molecular flexibility index (Phi) is 2.95. The highest BCUT2D eigenvalue weighted by Crippen LogP contribution is 2.59. The van der Waals surface area contributed by atoms with Crippen LogP contribution in [-0.2, 0) is 13.5 Å². The molecule has 3 heteroatoms. The van der Waals surface area contributed by atoms with Crippen LogP contribution >= 0.6 is 0 Å². The minimum absolute atomic E-state index is 0.197. The zero-order valence-electron chi connectivity index (χ0n) is 12.8. The van der Waals surface area contributed by atoms with Gasteiger partial charge >= 0.3 is 0 Å². The number of imidazole rings is 1. The first kappa shape index (κ1) is 12.9. The van der Waals surface area contributed by atoms with Crippen LogP contribution in [0.5, 0.6) is 0 Å². The summed E-state index contributed by atoms with van der Waals surface area (Å²) < 4.78 is 2.36. The summed E-state index contributed by atoms with van der Waals surface area (Å²) in [5.74, 6) is 5.91. The lowest BCUT2D eigenvalue weighted by Gasteiger charge is -2.54. The van der Waals surface area contributed by atoms with Crippen molar-refractivity contribution in [2.75, 3.05) is 0 Å². The van der Waals surface area contributed by atoms with Crippen molar-refractivity contribution in [1.29, 1.82) is 0 Å². The molecule has 0 aromatic carbocycles. The molecule has 0 saturated heterocycles. The van der Waals surface area contributed by atoms with Crippen molar-refractivity contribution in [3.63, 3.8) is 0 Å². The van der Waals surface area contributed by atoms with E-state index < -0.39 is 0 Å². The summed E-state index contributed by atoms with van der Waals surface area (Å²) in [6, 6.07) is 0.197. The molecule has 4 fully saturated rings. The number of nitrogens with zero attached hydrogens (tertiary/aromatic N) is 2. The summed E-state index contributed by atoms with van der Waals surface area (Å²) in [7, 11) is 2.20. The van der Waals surface area contributed by atoms with Crippen LogP contribution in [0.2, 0.25) is 0 Å². The van der Waals surface area contributed by atoms with Gasteiger partial charge in [-0.05, 0) is 62.7 Å². The molecule has 3 nitrogen and oxygen atoms in total. The van der Waals surface area contributed by atoms with Crippen LogP contribution in [0.4, 0.5) is 0 Å². The van der Waals surface area contributed by atoms with Crippen molar-refractivity contribution in [2.45, 2.75) is 57.4 Å². The van der Waals surface area contributed by atoms with Crippen molar-refractivity contribution >= 4 is 0 Å². The molecule has 1 atom stereocenters. The van der Waals surface area contributed by atoms with Crippen molar-refractivity contribution in [2.24, 2.45) is 36.5 Å². The third kappa shape index (κ3) is 1.93. The van der Waals surface area contributed by atoms with E-state index in [9.17, 15) is 0 Å². The second-order valence-electron chi connectivity index (χ2n) is 7.80. The zero-order chi connectivity index (χ0) is 13.9. The number of hydrogen-bond acceptors (Lipinski definition) is 2. The fraction of sp³-hybridized carbons (Fsp3) is 0.824. The fourth-order valence-corrected chi connectivity index (χ4v) is 5.66. The van der Waals surface area contributed by atoms with Crippen molar-refractivity contribution in [1.82, 2.24) is 9.55 Å². The Labute approximate surface area is 122 Å². The quantitative estimate of drug-likeness (QED) is 0.920. The first-order valence-electron chi connectivity index (χ1n) is 8.38. The standard InChI is InChI=1S/C17H27N3/c1-10(18)3-16-19-9-15(20(16)2)17-13-5-11-4-12(7-13)8-14(17)6-11/h9-14,17H,3-8,18H2,1-2H3. The van der Waals surface area contributed by atoms with E-state index in [2.05, 4.69) is 29.7 Å². The summed E-state index contributed by atoms with van der Waals surface area (Å²) >= 11 is 0. The van der Waals surface area contributed by atoms with Gasteiger partial charge in [-0.2, -0.15) is 0 Å². The molecule has 0 amide bonds. The third-order valence-electron chi connectivity index (χ3n) is 6.19. The van der Waals surface area contributed by atoms with Gasteiger partial charge in [0.25, 0.3) is 0 Å². The molecule has 1 aromatic heterocycles. The number of hydrogen-bond donors (Lipinski definition) is 1. The molecule has 0 spiro atoms. The molecule has 4 bridgehead atoms. The maximum Gasteiger partial charge on any atom is 0.110 e. The van der Waals surface area contributed by atoms with Gasteiger partial charge in [0.15, 0.2) is 0 Å². The van der Waals surface area contributed by atoms with Crippen molar-refractivity contribution in [3.8, 4) is 0 Å².